The van der Waals surface area contributed by atoms with Gasteiger partial charge in [-0.3, -0.25) is 0 Å². The highest BCUT2D eigenvalue weighted by atomic mass is 16.2. The third kappa shape index (κ3) is 16.0. The summed E-state index contributed by atoms with van der Waals surface area (Å²) >= 11 is 0. The molecule has 0 atom stereocenters. The van der Waals surface area contributed by atoms with Crippen LogP contribution < -0.4 is 0 Å². The average molecular weight is 244 g/mol. The Labute approximate surface area is 112 Å². The summed E-state index contributed by atoms with van der Waals surface area (Å²) in [5.41, 5.74) is 0. The van der Waals surface area contributed by atoms with E-state index >= 15 is 0 Å². The summed E-state index contributed by atoms with van der Waals surface area (Å²) in [6.45, 7) is 0.298. The third-order valence-electron chi connectivity index (χ3n) is 3.39. The molecule has 0 aromatic heterocycles. The average Bonchev–Trinajstić information content (AvgIpc) is 2.34. The van der Waals surface area contributed by atoms with Gasteiger partial charge in [0.25, 0.3) is 0 Å². The fourth-order valence-corrected chi connectivity index (χ4v) is 2.22. The number of rotatable bonds is 14. The molecule has 0 fully saturated rings. The quantitative estimate of drug-likeness (QED) is 0.402. The van der Waals surface area contributed by atoms with Gasteiger partial charge in [-0.2, -0.15) is 0 Å². The van der Waals surface area contributed by atoms with E-state index in [9.17, 15) is 0 Å². The zero-order valence-corrected chi connectivity index (χ0v) is 11.8. The van der Waals surface area contributed by atoms with Crippen molar-refractivity contribution in [1.29, 1.82) is 0 Å². The van der Waals surface area contributed by atoms with Gasteiger partial charge < -0.3 is 5.11 Å². The van der Waals surface area contributed by atoms with Crippen LogP contribution in [0.25, 0.3) is 0 Å². The topological polar surface area (TPSA) is 20.2 Å². The van der Waals surface area contributed by atoms with Crippen molar-refractivity contribution in [1.82, 2.24) is 0 Å². The SMILES string of the molecule is [2H]C([2H])(O)CCCCCCCCCCCCCCC. The molecule has 0 rings (SSSR count). The molecule has 0 heterocycles. The number of hydrogen-bond acceptors (Lipinski definition) is 1. The maximum atomic E-state index is 8.93. The Morgan fingerprint density at radius 1 is 0.588 bits per heavy atom. The van der Waals surface area contributed by atoms with Crippen molar-refractivity contribution in [2.24, 2.45) is 0 Å². The van der Waals surface area contributed by atoms with Crippen LogP contribution in [0.4, 0.5) is 0 Å². The Balaban J connectivity index is 2.99. The summed E-state index contributed by atoms with van der Waals surface area (Å²) in [7, 11) is 0. The zero-order valence-electron chi connectivity index (χ0n) is 13.8. The molecule has 0 aromatic rings. The summed E-state index contributed by atoms with van der Waals surface area (Å²) in [5.74, 6) is 0. The molecule has 0 spiro atoms. The van der Waals surface area contributed by atoms with Crippen LogP contribution >= 0.6 is 0 Å². The molecule has 0 saturated heterocycles. The van der Waals surface area contributed by atoms with Gasteiger partial charge >= 0.3 is 0 Å². The van der Waals surface area contributed by atoms with E-state index in [1.54, 1.807) is 0 Å². The second kappa shape index (κ2) is 16.0. The molecule has 0 bridgehead atoms. The lowest BCUT2D eigenvalue weighted by Gasteiger charge is -2.02. The Morgan fingerprint density at radius 3 is 1.18 bits per heavy atom. The molecule has 0 aromatic carbocycles. The third-order valence-corrected chi connectivity index (χ3v) is 3.39. The first-order chi connectivity index (χ1) is 9.06. The van der Waals surface area contributed by atoms with E-state index in [1.807, 2.05) is 0 Å². The minimum absolute atomic E-state index is 0.283. The molecule has 0 unspecified atom stereocenters. The van der Waals surface area contributed by atoms with Crippen LogP contribution in [-0.4, -0.2) is 11.7 Å². The van der Waals surface area contributed by atoms with E-state index in [2.05, 4.69) is 6.92 Å². The maximum Gasteiger partial charge on any atom is 0.0564 e. The fourth-order valence-electron chi connectivity index (χ4n) is 2.22. The van der Waals surface area contributed by atoms with E-state index in [-0.39, 0.29) is 6.42 Å². The van der Waals surface area contributed by atoms with Crippen molar-refractivity contribution in [3.63, 3.8) is 0 Å². The van der Waals surface area contributed by atoms with E-state index in [1.165, 1.54) is 70.6 Å². The first-order valence-electron chi connectivity index (χ1n) is 8.78. The summed E-state index contributed by atoms with van der Waals surface area (Å²) in [6.07, 6.45) is 17.0. The van der Waals surface area contributed by atoms with Crippen LogP contribution in [0.2, 0.25) is 0 Å². The molecule has 1 N–H and O–H groups in total. The molecule has 0 aliphatic rings. The van der Waals surface area contributed by atoms with Gasteiger partial charge in [0, 0.05) is 6.56 Å². The molecule has 1 nitrogen and oxygen atoms in total. The van der Waals surface area contributed by atoms with Crippen LogP contribution in [-0.2, 0) is 0 Å². The highest BCUT2D eigenvalue weighted by Gasteiger charge is 1.93. The molecule has 104 valence electrons. The molecule has 17 heavy (non-hydrogen) atoms. The van der Waals surface area contributed by atoms with E-state index in [0.717, 1.165) is 12.8 Å². The summed E-state index contributed by atoms with van der Waals surface area (Å²) in [6, 6.07) is 0. The van der Waals surface area contributed by atoms with Crippen LogP contribution in [0.5, 0.6) is 0 Å². The van der Waals surface area contributed by atoms with Gasteiger partial charge in [-0.1, -0.05) is 90.4 Å². The number of hydrogen-bond donors (Lipinski definition) is 1. The Kier molecular flexibility index (Phi) is 12.6. The van der Waals surface area contributed by atoms with E-state index in [4.69, 9.17) is 7.85 Å². The van der Waals surface area contributed by atoms with Gasteiger partial charge in [-0.25, -0.2) is 0 Å². The minimum atomic E-state index is -1.96. The lowest BCUT2D eigenvalue weighted by molar-refractivity contribution is 0.282. The molecule has 0 aliphatic heterocycles. The normalized spacial score (nSPS) is 13.5. The van der Waals surface area contributed by atoms with Crippen molar-refractivity contribution < 1.29 is 7.85 Å². The van der Waals surface area contributed by atoms with Crippen LogP contribution in [0, 0.1) is 0 Å². The molecule has 0 amide bonds. The minimum Gasteiger partial charge on any atom is -0.396 e. The Hall–Kier alpha value is -0.0400. The van der Waals surface area contributed by atoms with Gasteiger partial charge in [0.2, 0.25) is 0 Å². The van der Waals surface area contributed by atoms with E-state index < -0.39 is 6.56 Å². The van der Waals surface area contributed by atoms with Crippen molar-refractivity contribution in [2.45, 2.75) is 96.8 Å². The first-order valence-corrected chi connectivity index (χ1v) is 7.78. The standard InChI is InChI=1S/C16H34O/c1-2-3-4-5-6-7-8-9-10-11-12-13-14-15-16-17/h17H,2-16H2,1H3/i16D2. The molecular weight excluding hydrogens is 208 g/mol. The molecule has 1 heteroatoms. The summed E-state index contributed by atoms with van der Waals surface area (Å²) < 4.78 is 14.0. The van der Waals surface area contributed by atoms with Crippen molar-refractivity contribution in [3.8, 4) is 0 Å². The van der Waals surface area contributed by atoms with E-state index in [0.29, 0.717) is 0 Å². The lowest BCUT2D eigenvalue weighted by Crippen LogP contribution is -1.84. The zero-order chi connectivity index (χ0) is 14.4. The first kappa shape index (κ1) is 13.4. The van der Waals surface area contributed by atoms with Gasteiger partial charge in [-0.05, 0) is 6.42 Å². The van der Waals surface area contributed by atoms with Crippen LogP contribution in [0.1, 0.15) is 99.6 Å². The van der Waals surface area contributed by atoms with Crippen molar-refractivity contribution in [3.05, 3.63) is 0 Å². The van der Waals surface area contributed by atoms with Gasteiger partial charge in [0.05, 0.1) is 2.74 Å². The number of unbranched alkanes of at least 4 members (excludes halogenated alkanes) is 12. The Bertz CT molecular complexity index is 178. The molecule has 0 radical (unpaired) electrons. The van der Waals surface area contributed by atoms with Crippen molar-refractivity contribution in [2.75, 3.05) is 6.56 Å². The van der Waals surface area contributed by atoms with Crippen LogP contribution in [0.3, 0.4) is 0 Å². The largest absolute Gasteiger partial charge is 0.396 e. The lowest BCUT2D eigenvalue weighted by atomic mass is 10.0. The highest BCUT2D eigenvalue weighted by molar-refractivity contribution is 4.48. The smallest absolute Gasteiger partial charge is 0.0564 e. The monoisotopic (exact) mass is 244 g/mol. The van der Waals surface area contributed by atoms with Crippen molar-refractivity contribution >= 4 is 0 Å². The second-order valence-corrected chi connectivity index (χ2v) is 5.15. The highest BCUT2D eigenvalue weighted by Crippen LogP contribution is 2.12. The van der Waals surface area contributed by atoms with Gasteiger partial charge in [0.15, 0.2) is 0 Å². The van der Waals surface area contributed by atoms with Crippen LogP contribution in [0.15, 0.2) is 0 Å². The fraction of sp³-hybridized carbons (Fsp3) is 1.00. The summed E-state index contributed by atoms with van der Waals surface area (Å²) in [5, 5.41) is 8.93. The molecule has 0 aliphatic carbocycles. The predicted molar refractivity (Wildman–Crippen MR) is 77.4 cm³/mol. The van der Waals surface area contributed by atoms with Gasteiger partial charge in [-0.15, -0.1) is 0 Å². The van der Waals surface area contributed by atoms with Gasteiger partial charge in [0.1, 0.15) is 0 Å². The second-order valence-electron chi connectivity index (χ2n) is 5.15. The molecule has 0 saturated carbocycles. The summed E-state index contributed by atoms with van der Waals surface area (Å²) in [4.78, 5) is 0. The maximum absolute atomic E-state index is 8.93. The Morgan fingerprint density at radius 2 is 0.882 bits per heavy atom. The number of aliphatic hydroxyl groups is 1. The molecular formula is C16H34O. The predicted octanol–water partition coefficient (Wildman–Crippen LogP) is 5.46.